The number of carbonyl (C=O) groups is 1. The molecule has 0 bridgehead atoms. The Morgan fingerprint density at radius 2 is 1.55 bits per heavy atom. The van der Waals surface area contributed by atoms with E-state index in [0.717, 1.165) is 27.7 Å². The second-order valence-corrected chi connectivity index (χ2v) is 6.69. The quantitative estimate of drug-likeness (QED) is 0.623. The summed E-state index contributed by atoms with van der Waals surface area (Å²) in [6.45, 7) is 7.98. The summed E-state index contributed by atoms with van der Waals surface area (Å²) in [5, 5.41) is 1.04. The van der Waals surface area contributed by atoms with Crippen LogP contribution in [0.15, 0.2) is 42.5 Å². The van der Waals surface area contributed by atoms with Gasteiger partial charge in [-0.25, -0.2) is 0 Å². The van der Waals surface area contributed by atoms with Crippen molar-refractivity contribution in [1.82, 2.24) is 0 Å². The summed E-state index contributed by atoms with van der Waals surface area (Å²) in [6, 6.07) is 13.8. The van der Waals surface area contributed by atoms with Gasteiger partial charge in [0.25, 0.3) is 0 Å². The molecule has 4 heteroatoms. The molecule has 2 aromatic rings. The maximum atomic E-state index is 12.5. The first-order valence-corrected chi connectivity index (χ1v) is 8.11. The Morgan fingerprint density at radius 3 is 2.05 bits per heavy atom. The molecule has 2 nitrogen and oxygen atoms in total. The molecule has 112 valence electrons. The predicted molar refractivity (Wildman–Crippen MR) is 97.6 cm³/mol. The number of carbonyl (C=O) groups excluding carboxylic acids is 1. The Morgan fingerprint density at radius 1 is 1.00 bits per heavy atom. The van der Waals surface area contributed by atoms with Gasteiger partial charge in [-0.15, -0.1) is 0 Å². The van der Waals surface area contributed by atoms with Crippen molar-refractivity contribution in [3.05, 3.63) is 59.2 Å². The minimum atomic E-state index is 0. The fraction of sp³-hybridized carbons (Fsp3) is 0.278. The van der Waals surface area contributed by atoms with Crippen LogP contribution in [0.5, 0.6) is 5.75 Å². The van der Waals surface area contributed by atoms with E-state index >= 15 is 0 Å². The predicted octanol–water partition coefficient (Wildman–Crippen LogP) is 3.59. The molecular weight excluding hydrogens is 286 g/mol. The van der Waals surface area contributed by atoms with Crippen LogP contribution in [-0.2, 0) is 0 Å². The Hall–Kier alpha value is -1.06. The van der Waals surface area contributed by atoms with Crippen LogP contribution in [0.3, 0.4) is 0 Å². The Labute approximate surface area is 146 Å². The van der Waals surface area contributed by atoms with E-state index < -0.39 is 0 Å². The third-order valence-electron chi connectivity index (χ3n) is 3.19. The summed E-state index contributed by atoms with van der Waals surface area (Å²) >= 11 is 0. The third-order valence-corrected chi connectivity index (χ3v) is 4.29. The monoisotopic (exact) mass is 308 g/mol. The van der Waals surface area contributed by atoms with Crippen molar-refractivity contribution in [3.63, 3.8) is 0 Å². The van der Waals surface area contributed by atoms with Crippen molar-refractivity contribution in [2.24, 2.45) is 0 Å². The average molecular weight is 308 g/mol. The van der Waals surface area contributed by atoms with E-state index in [0.29, 0.717) is 0 Å². The van der Waals surface area contributed by atoms with Crippen molar-refractivity contribution in [2.75, 3.05) is 0 Å². The molecule has 22 heavy (non-hydrogen) atoms. The van der Waals surface area contributed by atoms with Gasteiger partial charge in [-0.1, -0.05) is 30.3 Å². The molecule has 0 aliphatic rings. The van der Waals surface area contributed by atoms with E-state index in [9.17, 15) is 4.79 Å². The second kappa shape index (κ2) is 8.54. The summed E-state index contributed by atoms with van der Waals surface area (Å²) in [5.41, 5.74) is 3.15. The molecule has 0 saturated heterocycles. The molecule has 0 fully saturated rings. The fourth-order valence-corrected chi connectivity index (χ4v) is 3.37. The van der Waals surface area contributed by atoms with Gasteiger partial charge in [0, 0.05) is 5.56 Å². The third kappa shape index (κ3) is 4.99. The van der Waals surface area contributed by atoms with Crippen LogP contribution >= 0.6 is 8.58 Å². The molecule has 0 amide bonds. The summed E-state index contributed by atoms with van der Waals surface area (Å²) in [6.07, 6.45) is 0.162. The molecule has 0 radical (unpaired) electrons. The number of ether oxygens (including phenoxy) is 1. The molecule has 2 aromatic carbocycles. The van der Waals surface area contributed by atoms with Gasteiger partial charge in [-0.05, 0) is 64.8 Å². The SMILES string of the molecule is Cc1cccc(C)c1C(=O)Pc1ccc(OC(C)C)cc1.[LiH]. The van der Waals surface area contributed by atoms with E-state index in [2.05, 4.69) is 0 Å². The molecule has 1 unspecified atom stereocenters. The zero-order chi connectivity index (χ0) is 15.4. The first kappa shape index (κ1) is 19.0. The number of rotatable bonds is 5. The number of hydrogen-bond acceptors (Lipinski definition) is 2. The standard InChI is InChI=1S/C18H21O2P.Li.H/c1-12(2)20-15-8-10-16(11-9-15)21-18(19)17-13(3)6-5-7-14(17)4;;/h5-12,21H,1-4H3;;. The van der Waals surface area contributed by atoms with Crippen LogP contribution in [0.2, 0.25) is 0 Å². The number of benzene rings is 2. The van der Waals surface area contributed by atoms with Crippen LogP contribution < -0.4 is 10.0 Å². The van der Waals surface area contributed by atoms with Gasteiger partial charge in [0.2, 0.25) is 0 Å². The van der Waals surface area contributed by atoms with Crippen molar-refractivity contribution >= 4 is 38.3 Å². The van der Waals surface area contributed by atoms with Gasteiger partial charge in [0.05, 0.1) is 6.10 Å². The molecule has 0 N–H and O–H groups in total. The second-order valence-electron chi connectivity index (χ2n) is 5.41. The van der Waals surface area contributed by atoms with Crippen LogP contribution in [0, 0.1) is 13.8 Å². The molecule has 0 aliphatic carbocycles. The fourth-order valence-electron chi connectivity index (χ4n) is 2.26. The van der Waals surface area contributed by atoms with Gasteiger partial charge >= 0.3 is 18.9 Å². The first-order chi connectivity index (χ1) is 9.97. The summed E-state index contributed by atoms with van der Waals surface area (Å²) < 4.78 is 5.62. The van der Waals surface area contributed by atoms with Crippen molar-refractivity contribution in [2.45, 2.75) is 33.8 Å². The van der Waals surface area contributed by atoms with Gasteiger partial charge in [-0.2, -0.15) is 0 Å². The summed E-state index contributed by atoms with van der Waals surface area (Å²) in [5.74, 6) is 0.845. The molecule has 0 aromatic heterocycles. The van der Waals surface area contributed by atoms with Crippen LogP contribution in [0.25, 0.3) is 0 Å². The summed E-state index contributed by atoms with van der Waals surface area (Å²) in [7, 11) is 0.146. The van der Waals surface area contributed by atoms with Crippen LogP contribution in [0.4, 0.5) is 0 Å². The zero-order valence-corrected chi connectivity index (χ0v) is 13.9. The molecule has 1 atom stereocenters. The van der Waals surface area contributed by atoms with Crippen molar-refractivity contribution in [1.29, 1.82) is 0 Å². The molecular formula is C18H22LiO2P. The van der Waals surface area contributed by atoms with Gasteiger partial charge < -0.3 is 4.74 Å². The van der Waals surface area contributed by atoms with E-state index in [1.807, 2.05) is 70.2 Å². The number of aryl methyl sites for hydroxylation is 2. The molecule has 0 saturated carbocycles. The van der Waals surface area contributed by atoms with Gasteiger partial charge in [0.15, 0.2) is 5.52 Å². The van der Waals surface area contributed by atoms with E-state index in [-0.39, 0.29) is 39.1 Å². The molecule has 0 heterocycles. The molecule has 0 aliphatic heterocycles. The van der Waals surface area contributed by atoms with Gasteiger partial charge in [0.1, 0.15) is 5.75 Å². The molecule has 2 rings (SSSR count). The normalized spacial score (nSPS) is 10.8. The van der Waals surface area contributed by atoms with Crippen molar-refractivity contribution in [3.8, 4) is 5.75 Å². The van der Waals surface area contributed by atoms with Gasteiger partial charge in [-0.3, -0.25) is 4.79 Å². The minimum absolute atomic E-state index is 0. The first-order valence-electron chi connectivity index (χ1n) is 7.11. The maximum absolute atomic E-state index is 12.5. The average Bonchev–Trinajstić information content (AvgIpc) is 2.40. The van der Waals surface area contributed by atoms with Crippen LogP contribution in [-0.4, -0.2) is 30.5 Å². The van der Waals surface area contributed by atoms with E-state index in [1.54, 1.807) is 0 Å². The Bertz CT molecular complexity index is 616. The Kier molecular flexibility index (Phi) is 7.37. The van der Waals surface area contributed by atoms with E-state index in [4.69, 9.17) is 4.74 Å². The topological polar surface area (TPSA) is 26.3 Å². The summed E-state index contributed by atoms with van der Waals surface area (Å²) in [4.78, 5) is 12.5. The van der Waals surface area contributed by atoms with Crippen molar-refractivity contribution < 1.29 is 9.53 Å². The number of hydrogen-bond donors (Lipinski definition) is 0. The van der Waals surface area contributed by atoms with E-state index in [1.165, 1.54) is 0 Å². The zero-order valence-electron chi connectivity index (χ0n) is 12.9. The molecule has 0 spiro atoms. The van der Waals surface area contributed by atoms with Crippen LogP contribution in [0.1, 0.15) is 35.3 Å². The Balaban J connectivity index is 0.00000242.